The minimum absolute atomic E-state index is 0.0113. The number of amides is 1. The lowest BCUT2D eigenvalue weighted by atomic mass is 9.97. The van der Waals surface area contributed by atoms with E-state index in [2.05, 4.69) is 13.0 Å². The number of allylic oxidation sites excluding steroid dienone is 1. The summed E-state index contributed by atoms with van der Waals surface area (Å²) >= 11 is 0. The second kappa shape index (κ2) is 8.99. The van der Waals surface area contributed by atoms with Crippen LogP contribution in [0.4, 0.5) is 0 Å². The van der Waals surface area contributed by atoms with Crippen LogP contribution in [0, 0.1) is 0 Å². The first-order valence-electron chi connectivity index (χ1n) is 9.34. The Labute approximate surface area is 147 Å². The van der Waals surface area contributed by atoms with Gasteiger partial charge in [0.05, 0.1) is 12.8 Å². The summed E-state index contributed by atoms with van der Waals surface area (Å²) in [6, 6.07) is 0.272. The SMILES string of the molecule is CCC1CCCCN1C(=O)CN(CCC1=CCCCC1)S(C)(=O)=O. The van der Waals surface area contributed by atoms with E-state index in [1.807, 2.05) is 4.90 Å². The third-order valence-electron chi connectivity index (χ3n) is 5.27. The minimum Gasteiger partial charge on any atom is -0.339 e. The van der Waals surface area contributed by atoms with E-state index in [9.17, 15) is 13.2 Å². The van der Waals surface area contributed by atoms with Crippen LogP contribution in [0.5, 0.6) is 0 Å². The van der Waals surface area contributed by atoms with Crippen LogP contribution in [0.3, 0.4) is 0 Å². The van der Waals surface area contributed by atoms with Crippen LogP contribution in [0.15, 0.2) is 11.6 Å². The third kappa shape index (κ3) is 5.59. The molecule has 24 heavy (non-hydrogen) atoms. The molecule has 1 amide bonds. The van der Waals surface area contributed by atoms with Crippen molar-refractivity contribution < 1.29 is 13.2 Å². The Morgan fingerprint density at radius 3 is 2.71 bits per heavy atom. The van der Waals surface area contributed by atoms with E-state index < -0.39 is 10.0 Å². The molecule has 0 aromatic rings. The summed E-state index contributed by atoms with van der Waals surface area (Å²) < 4.78 is 25.6. The van der Waals surface area contributed by atoms with Gasteiger partial charge < -0.3 is 4.90 Å². The van der Waals surface area contributed by atoms with E-state index in [0.29, 0.717) is 6.54 Å². The first-order chi connectivity index (χ1) is 11.4. The van der Waals surface area contributed by atoms with E-state index in [-0.39, 0.29) is 18.5 Å². The first-order valence-corrected chi connectivity index (χ1v) is 11.2. The fraction of sp³-hybridized carbons (Fsp3) is 0.833. The molecule has 1 fully saturated rings. The average Bonchev–Trinajstić information content (AvgIpc) is 2.58. The zero-order valence-corrected chi connectivity index (χ0v) is 16.0. The molecule has 1 aliphatic heterocycles. The van der Waals surface area contributed by atoms with Gasteiger partial charge in [0.15, 0.2) is 0 Å². The largest absolute Gasteiger partial charge is 0.339 e. The molecule has 0 saturated carbocycles. The number of nitrogens with zero attached hydrogens (tertiary/aromatic N) is 2. The highest BCUT2D eigenvalue weighted by Gasteiger charge is 2.29. The fourth-order valence-electron chi connectivity index (χ4n) is 3.76. The molecule has 0 bridgehead atoms. The van der Waals surface area contributed by atoms with E-state index in [4.69, 9.17) is 0 Å². The molecule has 1 atom stereocenters. The second-order valence-electron chi connectivity index (χ2n) is 7.10. The quantitative estimate of drug-likeness (QED) is 0.659. The molecule has 0 radical (unpaired) electrons. The van der Waals surface area contributed by atoms with E-state index in [0.717, 1.165) is 51.5 Å². The highest BCUT2D eigenvalue weighted by atomic mass is 32.2. The van der Waals surface area contributed by atoms with Crippen LogP contribution in [0.1, 0.15) is 64.7 Å². The van der Waals surface area contributed by atoms with Crippen molar-refractivity contribution in [3.63, 3.8) is 0 Å². The minimum atomic E-state index is -3.37. The standard InChI is InChI=1S/C18H32N2O3S/c1-3-17-11-7-8-13-20(17)18(21)15-19(24(2,22)23)14-12-16-9-5-4-6-10-16/h9,17H,3-8,10-15H2,1-2H3. The Balaban J connectivity index is 1.97. The van der Waals surface area contributed by atoms with Crippen molar-refractivity contribution in [2.45, 2.75) is 70.8 Å². The average molecular weight is 357 g/mol. The molecule has 0 spiro atoms. The van der Waals surface area contributed by atoms with Crippen LogP contribution in [0.2, 0.25) is 0 Å². The molecule has 0 N–H and O–H groups in total. The third-order valence-corrected chi connectivity index (χ3v) is 6.52. The van der Waals surface area contributed by atoms with Crippen molar-refractivity contribution in [3.05, 3.63) is 11.6 Å². The monoisotopic (exact) mass is 356 g/mol. The maximum Gasteiger partial charge on any atom is 0.238 e. The van der Waals surface area contributed by atoms with Gasteiger partial charge in [0.2, 0.25) is 15.9 Å². The summed E-state index contributed by atoms with van der Waals surface area (Å²) in [5.41, 5.74) is 1.34. The van der Waals surface area contributed by atoms with Crippen LogP contribution in [-0.4, -0.2) is 55.5 Å². The summed E-state index contributed by atoms with van der Waals surface area (Å²) in [4.78, 5) is 14.6. The van der Waals surface area contributed by atoms with Gasteiger partial charge in [-0.05, 0) is 57.8 Å². The van der Waals surface area contributed by atoms with E-state index in [1.165, 1.54) is 29.0 Å². The van der Waals surface area contributed by atoms with Gasteiger partial charge in [-0.1, -0.05) is 18.6 Å². The van der Waals surface area contributed by atoms with Crippen molar-refractivity contribution in [2.75, 3.05) is 25.9 Å². The fourth-order valence-corrected chi connectivity index (χ4v) is 4.53. The molecule has 1 heterocycles. The van der Waals surface area contributed by atoms with Crippen molar-refractivity contribution in [1.82, 2.24) is 9.21 Å². The summed E-state index contributed by atoms with van der Waals surface area (Å²) in [5, 5.41) is 0. The maximum atomic E-state index is 12.7. The highest BCUT2D eigenvalue weighted by molar-refractivity contribution is 7.88. The zero-order chi connectivity index (χ0) is 17.6. The van der Waals surface area contributed by atoms with E-state index in [1.54, 1.807) is 0 Å². The number of likely N-dealkylation sites (tertiary alicyclic amines) is 1. The lowest BCUT2D eigenvalue weighted by Gasteiger charge is -2.36. The van der Waals surface area contributed by atoms with Gasteiger partial charge in [-0.25, -0.2) is 8.42 Å². The number of sulfonamides is 1. The molecule has 2 aliphatic rings. The van der Waals surface area contributed by atoms with Crippen LogP contribution in [-0.2, 0) is 14.8 Å². The van der Waals surface area contributed by atoms with Crippen molar-refractivity contribution in [3.8, 4) is 0 Å². The van der Waals surface area contributed by atoms with Crippen molar-refractivity contribution in [2.24, 2.45) is 0 Å². The number of carbonyl (C=O) groups excluding carboxylic acids is 1. The zero-order valence-electron chi connectivity index (χ0n) is 15.2. The molecule has 1 saturated heterocycles. The highest BCUT2D eigenvalue weighted by Crippen LogP contribution is 2.22. The molecule has 0 aromatic heterocycles. The molecular weight excluding hydrogens is 324 g/mol. The summed E-state index contributed by atoms with van der Waals surface area (Å²) in [7, 11) is -3.37. The Kier molecular flexibility index (Phi) is 7.29. The van der Waals surface area contributed by atoms with Gasteiger partial charge in [0.25, 0.3) is 0 Å². The lowest BCUT2D eigenvalue weighted by Crippen LogP contribution is -2.49. The van der Waals surface area contributed by atoms with Crippen LogP contribution < -0.4 is 0 Å². The molecule has 0 aromatic carbocycles. The Morgan fingerprint density at radius 1 is 1.29 bits per heavy atom. The van der Waals surface area contributed by atoms with Gasteiger partial charge >= 0.3 is 0 Å². The van der Waals surface area contributed by atoms with Crippen LogP contribution >= 0.6 is 0 Å². The molecule has 1 unspecified atom stereocenters. The lowest BCUT2D eigenvalue weighted by molar-refractivity contribution is -0.135. The number of hydrogen-bond donors (Lipinski definition) is 0. The predicted octanol–water partition coefficient (Wildman–Crippen LogP) is 2.93. The maximum absolute atomic E-state index is 12.7. The molecular formula is C18H32N2O3S. The van der Waals surface area contributed by atoms with Gasteiger partial charge in [-0.2, -0.15) is 4.31 Å². The van der Waals surface area contributed by atoms with Gasteiger partial charge in [0.1, 0.15) is 0 Å². The number of rotatable bonds is 7. The smallest absolute Gasteiger partial charge is 0.238 e. The Hall–Kier alpha value is -0.880. The van der Waals surface area contributed by atoms with Gasteiger partial charge in [-0.15, -0.1) is 0 Å². The van der Waals surface area contributed by atoms with Gasteiger partial charge in [-0.3, -0.25) is 4.79 Å². The number of carbonyl (C=O) groups is 1. The normalized spacial score (nSPS) is 22.5. The van der Waals surface area contributed by atoms with Crippen molar-refractivity contribution in [1.29, 1.82) is 0 Å². The summed E-state index contributed by atoms with van der Waals surface area (Å²) in [5.74, 6) is -0.0374. The number of piperidine rings is 1. The molecule has 2 rings (SSSR count). The topological polar surface area (TPSA) is 57.7 Å². The number of hydrogen-bond acceptors (Lipinski definition) is 3. The Bertz CT molecular complexity index is 557. The summed E-state index contributed by atoms with van der Waals surface area (Å²) in [6.45, 7) is 3.27. The van der Waals surface area contributed by atoms with Gasteiger partial charge in [0, 0.05) is 19.1 Å². The van der Waals surface area contributed by atoms with Crippen LogP contribution in [0.25, 0.3) is 0 Å². The summed E-state index contributed by atoms with van der Waals surface area (Å²) in [6.07, 6.45) is 12.9. The van der Waals surface area contributed by atoms with E-state index >= 15 is 0 Å². The molecule has 6 heteroatoms. The first kappa shape index (κ1) is 19.4. The Morgan fingerprint density at radius 2 is 2.08 bits per heavy atom. The molecule has 1 aliphatic carbocycles. The molecule has 5 nitrogen and oxygen atoms in total. The predicted molar refractivity (Wildman–Crippen MR) is 97.2 cm³/mol. The molecule has 138 valence electrons. The van der Waals surface area contributed by atoms with Crippen molar-refractivity contribution >= 4 is 15.9 Å². The second-order valence-corrected chi connectivity index (χ2v) is 9.08.